The predicted molar refractivity (Wildman–Crippen MR) is 72.0 cm³/mol. The first kappa shape index (κ1) is 13.5. The van der Waals surface area contributed by atoms with Crippen LogP contribution in [0.4, 0.5) is 11.4 Å². The van der Waals surface area contributed by atoms with Crippen LogP contribution in [0.1, 0.15) is 29.6 Å². The van der Waals surface area contributed by atoms with Crippen molar-refractivity contribution in [3.8, 4) is 0 Å². The molecule has 0 bridgehead atoms. The van der Waals surface area contributed by atoms with E-state index in [9.17, 15) is 4.79 Å². The molecule has 94 valence electrons. The second-order valence-corrected chi connectivity index (χ2v) is 4.53. The van der Waals surface area contributed by atoms with Gasteiger partial charge in [-0.1, -0.05) is 0 Å². The van der Waals surface area contributed by atoms with Gasteiger partial charge in [-0.15, -0.1) is 0 Å². The second kappa shape index (κ2) is 6.25. The lowest BCUT2D eigenvalue weighted by Gasteiger charge is -2.08. The molecule has 1 aromatic carbocycles. The number of benzene rings is 1. The normalized spacial score (nSPS) is 10.8. The van der Waals surface area contributed by atoms with Crippen LogP contribution in [0.5, 0.6) is 0 Å². The number of nitrogens with two attached hydrogens (primary N) is 2. The van der Waals surface area contributed by atoms with E-state index >= 15 is 0 Å². The molecule has 0 saturated carbocycles. The third kappa shape index (κ3) is 4.44. The minimum atomic E-state index is 0.135. The minimum Gasteiger partial charge on any atom is -0.397 e. The number of carbonyl (C=O) groups excluding carboxylic acids is 1. The smallest absolute Gasteiger partial charge is 0.162 e. The lowest BCUT2D eigenvalue weighted by molar-refractivity contribution is 0.0978. The number of hydrogen-bond acceptors (Lipinski definition) is 4. The first-order chi connectivity index (χ1) is 8.00. The van der Waals surface area contributed by atoms with E-state index in [4.69, 9.17) is 11.5 Å². The molecule has 0 aliphatic heterocycles. The van der Waals surface area contributed by atoms with Gasteiger partial charge in [-0.25, -0.2) is 0 Å². The van der Waals surface area contributed by atoms with Crippen molar-refractivity contribution in [3.63, 3.8) is 0 Å². The zero-order valence-electron chi connectivity index (χ0n) is 10.6. The number of carbonyl (C=O) groups is 1. The molecule has 17 heavy (non-hydrogen) atoms. The standard InChI is InChI=1S/C13H21N3O/c1-16(2)8-4-3-5-13(17)10-6-7-11(14)12(15)9-10/h6-7,9H,3-5,8,14-15H2,1-2H3. The number of anilines is 2. The van der Waals surface area contributed by atoms with Crippen molar-refractivity contribution in [2.45, 2.75) is 19.3 Å². The molecule has 0 heterocycles. The summed E-state index contributed by atoms with van der Waals surface area (Å²) >= 11 is 0. The molecule has 0 radical (unpaired) electrons. The number of unbranched alkanes of at least 4 members (excludes halogenated alkanes) is 1. The van der Waals surface area contributed by atoms with Gasteiger partial charge in [-0.05, 0) is 51.7 Å². The topological polar surface area (TPSA) is 72.3 Å². The van der Waals surface area contributed by atoms with Crippen molar-refractivity contribution in [3.05, 3.63) is 23.8 Å². The van der Waals surface area contributed by atoms with Crippen molar-refractivity contribution in [2.24, 2.45) is 0 Å². The number of nitrogens with zero attached hydrogens (tertiary/aromatic N) is 1. The zero-order chi connectivity index (χ0) is 12.8. The second-order valence-electron chi connectivity index (χ2n) is 4.53. The Hall–Kier alpha value is -1.55. The molecule has 0 atom stereocenters. The Morgan fingerprint density at radius 3 is 2.47 bits per heavy atom. The van der Waals surface area contributed by atoms with Gasteiger partial charge >= 0.3 is 0 Å². The maximum atomic E-state index is 11.8. The maximum Gasteiger partial charge on any atom is 0.162 e. The van der Waals surface area contributed by atoms with Crippen LogP contribution in [-0.4, -0.2) is 31.3 Å². The van der Waals surface area contributed by atoms with E-state index in [-0.39, 0.29) is 5.78 Å². The average molecular weight is 235 g/mol. The minimum absolute atomic E-state index is 0.135. The van der Waals surface area contributed by atoms with E-state index in [0.29, 0.717) is 23.4 Å². The van der Waals surface area contributed by atoms with E-state index in [1.165, 1.54) is 0 Å². The van der Waals surface area contributed by atoms with Crippen molar-refractivity contribution in [2.75, 3.05) is 32.1 Å². The Kier molecular flexibility index (Phi) is 4.97. The van der Waals surface area contributed by atoms with E-state index in [1.807, 2.05) is 14.1 Å². The fourth-order valence-electron chi connectivity index (χ4n) is 1.61. The highest BCUT2D eigenvalue weighted by Crippen LogP contribution is 2.17. The molecule has 4 heteroatoms. The molecule has 0 amide bonds. The van der Waals surface area contributed by atoms with Gasteiger partial charge in [0, 0.05) is 12.0 Å². The molecular weight excluding hydrogens is 214 g/mol. The molecular formula is C13H21N3O. The van der Waals surface area contributed by atoms with Gasteiger partial charge < -0.3 is 16.4 Å². The first-order valence-corrected chi connectivity index (χ1v) is 5.83. The molecule has 4 N–H and O–H groups in total. The number of hydrogen-bond donors (Lipinski definition) is 2. The van der Waals surface area contributed by atoms with Gasteiger partial charge in [0.05, 0.1) is 11.4 Å². The van der Waals surface area contributed by atoms with E-state index in [1.54, 1.807) is 18.2 Å². The Morgan fingerprint density at radius 2 is 1.88 bits per heavy atom. The summed E-state index contributed by atoms with van der Waals surface area (Å²) in [6.45, 7) is 1.01. The molecule has 0 saturated heterocycles. The highest BCUT2D eigenvalue weighted by molar-refractivity contribution is 5.97. The third-order valence-corrected chi connectivity index (χ3v) is 2.67. The summed E-state index contributed by atoms with van der Waals surface area (Å²) in [5.41, 5.74) is 12.9. The highest BCUT2D eigenvalue weighted by atomic mass is 16.1. The van der Waals surface area contributed by atoms with Crippen molar-refractivity contribution in [1.82, 2.24) is 4.90 Å². The summed E-state index contributed by atoms with van der Waals surface area (Å²) in [5, 5.41) is 0. The molecule has 1 aromatic rings. The van der Waals surface area contributed by atoms with E-state index < -0.39 is 0 Å². The summed E-state index contributed by atoms with van der Waals surface area (Å²) in [4.78, 5) is 14.0. The van der Waals surface area contributed by atoms with E-state index in [0.717, 1.165) is 19.4 Å². The Balaban J connectivity index is 2.44. The van der Waals surface area contributed by atoms with Gasteiger partial charge in [-0.2, -0.15) is 0 Å². The molecule has 4 nitrogen and oxygen atoms in total. The molecule has 1 rings (SSSR count). The third-order valence-electron chi connectivity index (χ3n) is 2.67. The summed E-state index contributed by atoms with van der Waals surface area (Å²) in [6, 6.07) is 5.08. The fraction of sp³-hybridized carbons (Fsp3) is 0.462. The number of ketones is 1. The quantitative estimate of drug-likeness (QED) is 0.448. The summed E-state index contributed by atoms with van der Waals surface area (Å²) in [5.74, 6) is 0.135. The molecule has 0 fully saturated rings. The van der Waals surface area contributed by atoms with Gasteiger partial charge in [0.25, 0.3) is 0 Å². The van der Waals surface area contributed by atoms with Crippen LogP contribution in [0.25, 0.3) is 0 Å². The lowest BCUT2D eigenvalue weighted by Crippen LogP contribution is -2.13. The summed E-state index contributed by atoms with van der Waals surface area (Å²) < 4.78 is 0. The van der Waals surface area contributed by atoms with Crippen LogP contribution >= 0.6 is 0 Å². The summed E-state index contributed by atoms with van der Waals surface area (Å²) in [7, 11) is 4.06. The highest BCUT2D eigenvalue weighted by Gasteiger charge is 2.07. The largest absolute Gasteiger partial charge is 0.397 e. The monoisotopic (exact) mass is 235 g/mol. The van der Waals surface area contributed by atoms with Crippen molar-refractivity contribution >= 4 is 17.2 Å². The number of Topliss-reactive ketones (excluding diaryl/α,β-unsaturated/α-hetero) is 1. The van der Waals surface area contributed by atoms with Gasteiger partial charge in [-0.3, -0.25) is 4.79 Å². The first-order valence-electron chi connectivity index (χ1n) is 5.83. The fourth-order valence-corrected chi connectivity index (χ4v) is 1.61. The maximum absolute atomic E-state index is 11.8. The van der Waals surface area contributed by atoms with Crippen molar-refractivity contribution in [1.29, 1.82) is 0 Å². The van der Waals surface area contributed by atoms with Gasteiger partial charge in [0.15, 0.2) is 5.78 Å². The SMILES string of the molecule is CN(C)CCCCC(=O)c1ccc(N)c(N)c1. The van der Waals surface area contributed by atoms with Crippen molar-refractivity contribution < 1.29 is 4.79 Å². The lowest BCUT2D eigenvalue weighted by atomic mass is 10.0. The van der Waals surface area contributed by atoms with Crippen LogP contribution in [0.15, 0.2) is 18.2 Å². The van der Waals surface area contributed by atoms with Crippen LogP contribution < -0.4 is 11.5 Å². The predicted octanol–water partition coefficient (Wildman–Crippen LogP) is 1.77. The molecule has 0 aliphatic carbocycles. The number of nitrogen functional groups attached to an aromatic ring is 2. The molecule has 0 aliphatic rings. The Morgan fingerprint density at radius 1 is 1.18 bits per heavy atom. The summed E-state index contributed by atoms with van der Waals surface area (Å²) in [6.07, 6.45) is 2.50. The zero-order valence-corrected chi connectivity index (χ0v) is 10.6. The van der Waals surface area contributed by atoms with Crippen LogP contribution in [0.2, 0.25) is 0 Å². The van der Waals surface area contributed by atoms with Gasteiger partial charge in [0.1, 0.15) is 0 Å². The van der Waals surface area contributed by atoms with E-state index in [2.05, 4.69) is 4.90 Å². The van der Waals surface area contributed by atoms with Gasteiger partial charge in [0.2, 0.25) is 0 Å². The Labute approximate surface area is 103 Å². The van der Waals surface area contributed by atoms with Crippen LogP contribution in [-0.2, 0) is 0 Å². The average Bonchev–Trinajstić information content (AvgIpc) is 2.27. The van der Waals surface area contributed by atoms with Crippen LogP contribution in [0.3, 0.4) is 0 Å². The number of rotatable bonds is 6. The molecule has 0 aromatic heterocycles. The molecule has 0 unspecified atom stereocenters. The molecule has 0 spiro atoms. The Bertz CT molecular complexity index is 388. The van der Waals surface area contributed by atoms with Crippen LogP contribution in [0, 0.1) is 0 Å².